The smallest absolute Gasteiger partial charge is 0.137 e. The number of hydrogen-bond acceptors (Lipinski definition) is 2. The minimum absolute atomic E-state index is 0.296. The van der Waals surface area contributed by atoms with Gasteiger partial charge in [0.2, 0.25) is 0 Å². The first-order chi connectivity index (χ1) is 8.80. The normalized spacial score (nSPS) is 22.7. The largest absolute Gasteiger partial charge is 0.597 e. The van der Waals surface area contributed by atoms with Crippen LogP contribution in [0.15, 0.2) is 18.2 Å². The topological polar surface area (TPSA) is 26.3 Å². The van der Waals surface area contributed by atoms with Gasteiger partial charge in [0.25, 0.3) is 0 Å². The van der Waals surface area contributed by atoms with Crippen LogP contribution >= 0.6 is 0 Å². The van der Waals surface area contributed by atoms with Crippen LogP contribution in [0.4, 0.5) is 8.78 Å². The van der Waals surface area contributed by atoms with Crippen molar-refractivity contribution in [2.24, 2.45) is 0 Å². The molecule has 0 spiro atoms. The molecule has 0 bridgehead atoms. The molecule has 2 nitrogen and oxygen atoms in total. The highest BCUT2D eigenvalue weighted by Crippen LogP contribution is 2.38. The Labute approximate surface area is 116 Å². The molecule has 1 saturated heterocycles. The number of halogens is 2. The van der Waals surface area contributed by atoms with Gasteiger partial charge in [-0.2, -0.15) is 0 Å². The van der Waals surface area contributed by atoms with Gasteiger partial charge in [0, 0.05) is 23.5 Å². The molecule has 0 saturated carbocycles. The van der Waals surface area contributed by atoms with Gasteiger partial charge in [-0.3, -0.25) is 0 Å². The van der Waals surface area contributed by atoms with Crippen molar-refractivity contribution in [1.82, 2.24) is 4.31 Å². The Morgan fingerprint density at radius 1 is 1.32 bits per heavy atom. The molecule has 1 heterocycles. The highest BCUT2D eigenvalue weighted by atomic mass is 32.2. The van der Waals surface area contributed by atoms with Gasteiger partial charge in [-0.1, -0.05) is 0 Å². The molecule has 1 aliphatic heterocycles. The molecule has 0 aromatic heterocycles. The fraction of sp³-hybridized carbons (Fsp3) is 0.571. The molecular weight excluding hydrogens is 268 g/mol. The first-order valence-electron chi connectivity index (χ1n) is 6.44. The third kappa shape index (κ3) is 3.09. The average Bonchev–Trinajstić information content (AvgIpc) is 2.78. The fourth-order valence-electron chi connectivity index (χ4n) is 2.37. The molecule has 19 heavy (non-hydrogen) atoms. The van der Waals surface area contributed by atoms with Gasteiger partial charge in [-0.25, -0.2) is 8.78 Å². The fourth-order valence-corrected chi connectivity index (χ4v) is 3.82. The van der Waals surface area contributed by atoms with Crippen molar-refractivity contribution in [3.05, 3.63) is 35.4 Å². The van der Waals surface area contributed by atoms with Crippen molar-refractivity contribution in [3.63, 3.8) is 0 Å². The van der Waals surface area contributed by atoms with Gasteiger partial charge in [0.1, 0.15) is 16.4 Å². The molecule has 0 radical (unpaired) electrons. The second-order valence-corrected chi connectivity index (χ2v) is 8.02. The van der Waals surface area contributed by atoms with Crippen LogP contribution in [0, 0.1) is 11.6 Å². The zero-order chi connectivity index (χ0) is 14.2. The minimum atomic E-state index is -1.21. The number of hydrogen-bond donors (Lipinski definition) is 0. The van der Waals surface area contributed by atoms with Crippen LogP contribution in [-0.2, 0) is 11.4 Å². The molecule has 2 rings (SSSR count). The van der Waals surface area contributed by atoms with Crippen LogP contribution in [0.2, 0.25) is 0 Å². The van der Waals surface area contributed by atoms with E-state index in [1.54, 1.807) is 4.31 Å². The Bertz CT molecular complexity index is 461. The highest BCUT2D eigenvalue weighted by molar-refractivity contribution is 7.90. The van der Waals surface area contributed by atoms with Crippen LogP contribution in [0.5, 0.6) is 0 Å². The molecule has 1 aromatic carbocycles. The zero-order valence-electron chi connectivity index (χ0n) is 11.5. The Morgan fingerprint density at radius 2 is 2.00 bits per heavy atom. The van der Waals surface area contributed by atoms with Gasteiger partial charge in [-0.15, -0.1) is 4.31 Å². The molecule has 0 amide bonds. The molecule has 1 unspecified atom stereocenters. The van der Waals surface area contributed by atoms with Gasteiger partial charge in [-0.05, 0) is 51.8 Å². The van der Waals surface area contributed by atoms with E-state index in [2.05, 4.69) is 0 Å². The van der Waals surface area contributed by atoms with Crippen molar-refractivity contribution in [2.75, 3.05) is 6.54 Å². The van der Waals surface area contributed by atoms with Crippen LogP contribution < -0.4 is 0 Å². The highest BCUT2D eigenvalue weighted by Gasteiger charge is 2.41. The second-order valence-electron chi connectivity index (χ2n) is 5.83. The van der Waals surface area contributed by atoms with E-state index in [4.69, 9.17) is 0 Å². The van der Waals surface area contributed by atoms with Gasteiger partial charge < -0.3 is 4.55 Å². The lowest BCUT2D eigenvalue weighted by atomic mass is 10.0. The van der Waals surface area contributed by atoms with E-state index in [0.29, 0.717) is 18.5 Å². The number of nitrogens with zero attached hydrogens (tertiary/aromatic N) is 1. The SMILES string of the molecule is CC(C)(C)[S+]([O-])N1CCC[C@@H]1c1cc(F)ccc1F. The number of rotatable bonds is 2. The standard InChI is InChI=1S/C14H19F2NOS/c1-14(2,3)19(18)17-8-4-5-13(17)11-9-10(15)6-7-12(11)16/h6-7,9,13H,4-5,8H2,1-3H3/t13-,19?/m1/s1. The summed E-state index contributed by atoms with van der Waals surface area (Å²) in [5, 5.41) is 0. The van der Waals surface area contributed by atoms with E-state index in [9.17, 15) is 13.3 Å². The summed E-state index contributed by atoms with van der Waals surface area (Å²) < 4.78 is 41.0. The predicted octanol–water partition coefficient (Wildman–Crippen LogP) is 3.56. The van der Waals surface area contributed by atoms with E-state index in [1.165, 1.54) is 6.07 Å². The first-order valence-corrected chi connectivity index (χ1v) is 7.55. The third-order valence-electron chi connectivity index (χ3n) is 3.26. The summed E-state index contributed by atoms with van der Waals surface area (Å²) in [6.45, 7) is 6.33. The van der Waals surface area contributed by atoms with Crippen molar-refractivity contribution >= 4 is 11.4 Å². The van der Waals surface area contributed by atoms with Crippen molar-refractivity contribution in [2.45, 2.75) is 44.4 Å². The zero-order valence-corrected chi connectivity index (χ0v) is 12.3. The van der Waals surface area contributed by atoms with Crippen LogP contribution in [0.1, 0.15) is 45.2 Å². The van der Waals surface area contributed by atoms with E-state index in [0.717, 1.165) is 18.6 Å². The maximum atomic E-state index is 13.9. The molecule has 106 valence electrons. The Balaban J connectivity index is 2.31. The first kappa shape index (κ1) is 14.8. The summed E-state index contributed by atoms with van der Waals surface area (Å²) in [5.41, 5.74) is 0.315. The van der Waals surface area contributed by atoms with E-state index in [1.807, 2.05) is 20.8 Å². The van der Waals surface area contributed by atoms with Gasteiger partial charge >= 0.3 is 0 Å². The Hall–Kier alpha value is -0.650. The van der Waals surface area contributed by atoms with Crippen LogP contribution in [0.25, 0.3) is 0 Å². The molecular formula is C14H19F2NOS. The summed E-state index contributed by atoms with van der Waals surface area (Å²) in [5.74, 6) is -0.881. The van der Waals surface area contributed by atoms with Gasteiger partial charge in [0.05, 0.1) is 6.04 Å². The van der Waals surface area contributed by atoms with Crippen LogP contribution in [-0.4, -0.2) is 20.1 Å². The summed E-state index contributed by atoms with van der Waals surface area (Å²) in [4.78, 5) is 0. The molecule has 1 fully saturated rings. The molecule has 5 heteroatoms. The molecule has 0 N–H and O–H groups in total. The van der Waals surface area contributed by atoms with E-state index < -0.39 is 27.7 Å². The summed E-state index contributed by atoms with van der Waals surface area (Å²) in [7, 11) is 0. The molecule has 2 atom stereocenters. The summed E-state index contributed by atoms with van der Waals surface area (Å²) in [6, 6.07) is 3.17. The summed E-state index contributed by atoms with van der Waals surface area (Å²) in [6.07, 6.45) is 1.56. The quantitative estimate of drug-likeness (QED) is 0.777. The molecule has 1 aromatic rings. The van der Waals surface area contributed by atoms with Gasteiger partial charge in [0.15, 0.2) is 0 Å². The lowest BCUT2D eigenvalue weighted by molar-refractivity contribution is 0.371. The lowest BCUT2D eigenvalue weighted by Gasteiger charge is -2.33. The maximum absolute atomic E-state index is 13.9. The Morgan fingerprint density at radius 3 is 2.63 bits per heavy atom. The summed E-state index contributed by atoms with van der Waals surface area (Å²) >= 11 is -1.21. The average molecular weight is 287 g/mol. The second kappa shape index (κ2) is 5.38. The van der Waals surface area contributed by atoms with Crippen molar-refractivity contribution in [3.8, 4) is 0 Å². The van der Waals surface area contributed by atoms with Crippen molar-refractivity contribution < 1.29 is 13.3 Å². The van der Waals surface area contributed by atoms with E-state index >= 15 is 0 Å². The maximum Gasteiger partial charge on any atom is 0.137 e. The van der Waals surface area contributed by atoms with Crippen LogP contribution in [0.3, 0.4) is 0 Å². The number of benzene rings is 1. The lowest BCUT2D eigenvalue weighted by Crippen LogP contribution is -2.42. The monoisotopic (exact) mass is 287 g/mol. The molecule has 0 aliphatic carbocycles. The van der Waals surface area contributed by atoms with E-state index in [-0.39, 0.29) is 6.04 Å². The Kier molecular flexibility index (Phi) is 4.18. The predicted molar refractivity (Wildman–Crippen MR) is 72.9 cm³/mol. The molecule has 1 aliphatic rings. The third-order valence-corrected chi connectivity index (χ3v) is 5.17. The van der Waals surface area contributed by atoms with Crippen molar-refractivity contribution in [1.29, 1.82) is 0 Å². The minimum Gasteiger partial charge on any atom is -0.597 e.